The molecule has 0 saturated carbocycles. The molecule has 160 valence electrons. The number of imide groups is 2. The van der Waals surface area contributed by atoms with Crippen molar-refractivity contribution < 1.29 is 28.7 Å². The summed E-state index contributed by atoms with van der Waals surface area (Å²) in [5.74, 6) is -2.07. The van der Waals surface area contributed by atoms with E-state index in [1.807, 2.05) is 0 Å². The van der Waals surface area contributed by atoms with Crippen LogP contribution >= 0.6 is 11.6 Å². The maximum Gasteiger partial charge on any atom is 0.335 e. The molecule has 9 heteroatoms. The highest BCUT2D eigenvalue weighted by molar-refractivity contribution is 6.39. The number of urea groups is 1. The smallest absolute Gasteiger partial charge is 0.335 e. The summed E-state index contributed by atoms with van der Waals surface area (Å²) in [7, 11) is 0. The number of aromatic carboxylic acids is 1. The molecule has 3 aromatic rings. The van der Waals surface area contributed by atoms with Crippen LogP contribution in [-0.2, 0) is 9.59 Å². The monoisotopic (exact) mass is 450 g/mol. The van der Waals surface area contributed by atoms with E-state index in [1.54, 1.807) is 37.3 Å². The zero-order chi connectivity index (χ0) is 23.0. The van der Waals surface area contributed by atoms with E-state index in [2.05, 4.69) is 5.32 Å². The zero-order valence-electron chi connectivity index (χ0n) is 16.6. The van der Waals surface area contributed by atoms with Crippen LogP contribution in [0.3, 0.4) is 0 Å². The Balaban J connectivity index is 1.67. The fourth-order valence-corrected chi connectivity index (χ4v) is 3.48. The van der Waals surface area contributed by atoms with Gasteiger partial charge in [-0.1, -0.05) is 23.7 Å². The standard InChI is InChI=1S/C23H15ClN2O6/c1-12-9-13(22(29)30)5-7-17(12)19-8-6-16(32-19)11-18-20(27)25-23(31)26(21(18)28)15-4-2-3-14(24)10-15/h2-11H,1H3,(H,29,30)(H,25,27,31)/b18-11+. The molecule has 1 aliphatic rings. The number of amides is 4. The van der Waals surface area contributed by atoms with Crippen LogP contribution in [0.1, 0.15) is 21.7 Å². The second kappa shape index (κ2) is 8.16. The summed E-state index contributed by atoms with van der Waals surface area (Å²) in [6.45, 7) is 1.75. The van der Waals surface area contributed by atoms with Crippen molar-refractivity contribution in [3.63, 3.8) is 0 Å². The molecular formula is C23H15ClN2O6. The molecule has 4 amide bonds. The number of anilines is 1. The number of halogens is 1. The van der Waals surface area contributed by atoms with Crippen molar-refractivity contribution in [3.8, 4) is 11.3 Å². The fraction of sp³-hybridized carbons (Fsp3) is 0.0435. The minimum Gasteiger partial charge on any atom is -0.478 e. The van der Waals surface area contributed by atoms with Crippen molar-refractivity contribution >= 4 is 47.2 Å². The molecule has 1 aliphatic heterocycles. The van der Waals surface area contributed by atoms with Gasteiger partial charge in [-0.15, -0.1) is 0 Å². The number of hydrogen-bond donors (Lipinski definition) is 2. The Morgan fingerprint density at radius 2 is 1.88 bits per heavy atom. The molecule has 0 bridgehead atoms. The summed E-state index contributed by atoms with van der Waals surface area (Å²) in [5, 5.41) is 11.6. The summed E-state index contributed by atoms with van der Waals surface area (Å²) in [4.78, 5) is 49.5. The van der Waals surface area contributed by atoms with Gasteiger partial charge in [-0.3, -0.25) is 14.9 Å². The van der Waals surface area contributed by atoms with Gasteiger partial charge in [0.15, 0.2) is 0 Å². The summed E-state index contributed by atoms with van der Waals surface area (Å²) in [6, 6.07) is 13.0. The number of carboxylic acid groups (broad SMARTS) is 1. The van der Waals surface area contributed by atoms with Crippen LogP contribution in [0.25, 0.3) is 17.4 Å². The van der Waals surface area contributed by atoms with Crippen LogP contribution in [0.15, 0.2) is 64.6 Å². The average molecular weight is 451 g/mol. The van der Waals surface area contributed by atoms with E-state index < -0.39 is 23.8 Å². The number of barbiturate groups is 1. The van der Waals surface area contributed by atoms with Gasteiger partial charge >= 0.3 is 12.0 Å². The van der Waals surface area contributed by atoms with E-state index in [0.29, 0.717) is 21.9 Å². The van der Waals surface area contributed by atoms with Crippen LogP contribution < -0.4 is 10.2 Å². The normalized spacial score (nSPS) is 15.2. The summed E-state index contributed by atoms with van der Waals surface area (Å²) in [6.07, 6.45) is 1.24. The SMILES string of the molecule is Cc1cc(C(=O)O)ccc1-c1ccc(/C=C2\C(=O)NC(=O)N(c3cccc(Cl)c3)C2=O)o1. The molecule has 0 spiro atoms. The van der Waals surface area contributed by atoms with Crippen molar-refractivity contribution in [2.45, 2.75) is 6.92 Å². The third kappa shape index (κ3) is 3.91. The topological polar surface area (TPSA) is 117 Å². The van der Waals surface area contributed by atoms with E-state index in [4.69, 9.17) is 21.1 Å². The molecule has 2 N–H and O–H groups in total. The molecule has 0 atom stereocenters. The minimum atomic E-state index is -1.04. The third-order valence-corrected chi connectivity index (χ3v) is 5.06. The predicted molar refractivity (Wildman–Crippen MR) is 116 cm³/mol. The highest BCUT2D eigenvalue weighted by Gasteiger charge is 2.37. The second-order valence-corrected chi connectivity index (χ2v) is 7.41. The lowest BCUT2D eigenvalue weighted by Crippen LogP contribution is -2.54. The molecule has 32 heavy (non-hydrogen) atoms. The number of nitrogens with zero attached hydrogens (tertiary/aromatic N) is 1. The zero-order valence-corrected chi connectivity index (χ0v) is 17.3. The van der Waals surface area contributed by atoms with Crippen molar-refractivity contribution in [2.75, 3.05) is 4.90 Å². The third-order valence-electron chi connectivity index (χ3n) is 4.82. The molecule has 4 rings (SSSR count). The first-order chi connectivity index (χ1) is 15.2. The molecule has 8 nitrogen and oxygen atoms in total. The van der Waals surface area contributed by atoms with Gasteiger partial charge in [0.1, 0.15) is 17.1 Å². The van der Waals surface area contributed by atoms with E-state index >= 15 is 0 Å². The summed E-state index contributed by atoms with van der Waals surface area (Å²) >= 11 is 5.96. The first kappa shape index (κ1) is 21.1. The Hall–Kier alpha value is -4.17. The number of carbonyl (C=O) groups is 4. The van der Waals surface area contributed by atoms with Crippen molar-refractivity contribution in [3.05, 3.63) is 82.1 Å². The minimum absolute atomic E-state index is 0.149. The Bertz CT molecular complexity index is 1320. The molecule has 1 saturated heterocycles. The Labute approximate surface area is 186 Å². The van der Waals surface area contributed by atoms with Gasteiger partial charge in [0, 0.05) is 10.6 Å². The number of rotatable bonds is 4. The van der Waals surface area contributed by atoms with Gasteiger partial charge in [0.05, 0.1) is 11.3 Å². The van der Waals surface area contributed by atoms with E-state index in [9.17, 15) is 19.2 Å². The summed E-state index contributed by atoms with van der Waals surface area (Å²) in [5.41, 5.74) is 1.42. The Morgan fingerprint density at radius 1 is 1.09 bits per heavy atom. The van der Waals surface area contributed by atoms with E-state index in [-0.39, 0.29) is 22.6 Å². The highest BCUT2D eigenvalue weighted by Crippen LogP contribution is 2.29. The largest absolute Gasteiger partial charge is 0.478 e. The van der Waals surface area contributed by atoms with Gasteiger partial charge < -0.3 is 9.52 Å². The molecule has 0 radical (unpaired) electrons. The second-order valence-electron chi connectivity index (χ2n) is 6.97. The molecule has 1 fully saturated rings. The lowest BCUT2D eigenvalue weighted by Gasteiger charge is -2.26. The lowest BCUT2D eigenvalue weighted by atomic mass is 10.0. The Kier molecular flexibility index (Phi) is 5.38. The number of carbonyl (C=O) groups excluding carboxylic acids is 3. The quantitative estimate of drug-likeness (QED) is 0.452. The van der Waals surface area contributed by atoms with Crippen LogP contribution in [0, 0.1) is 6.92 Å². The lowest BCUT2D eigenvalue weighted by molar-refractivity contribution is -0.122. The van der Waals surface area contributed by atoms with Crippen LogP contribution in [0.4, 0.5) is 10.5 Å². The molecular weight excluding hydrogens is 436 g/mol. The maximum atomic E-state index is 12.9. The highest BCUT2D eigenvalue weighted by atomic mass is 35.5. The van der Waals surface area contributed by atoms with Gasteiger partial charge in [0.2, 0.25) is 0 Å². The van der Waals surface area contributed by atoms with Crippen molar-refractivity contribution in [1.82, 2.24) is 5.32 Å². The van der Waals surface area contributed by atoms with Gasteiger partial charge in [-0.2, -0.15) is 0 Å². The first-order valence-electron chi connectivity index (χ1n) is 9.36. The van der Waals surface area contributed by atoms with Gasteiger partial charge in [-0.05, 0) is 61.0 Å². The number of furan rings is 1. The van der Waals surface area contributed by atoms with Crippen LogP contribution in [0.5, 0.6) is 0 Å². The van der Waals surface area contributed by atoms with Gasteiger partial charge in [0.25, 0.3) is 11.8 Å². The predicted octanol–water partition coefficient (Wildman–Crippen LogP) is 4.27. The molecule has 1 aromatic heterocycles. The fourth-order valence-electron chi connectivity index (χ4n) is 3.30. The van der Waals surface area contributed by atoms with E-state index in [1.165, 1.54) is 30.3 Å². The molecule has 2 heterocycles. The number of benzene rings is 2. The van der Waals surface area contributed by atoms with E-state index in [0.717, 1.165) is 4.90 Å². The van der Waals surface area contributed by atoms with Crippen molar-refractivity contribution in [2.24, 2.45) is 0 Å². The molecule has 0 aliphatic carbocycles. The van der Waals surface area contributed by atoms with Crippen LogP contribution in [-0.4, -0.2) is 28.9 Å². The Morgan fingerprint density at radius 3 is 2.56 bits per heavy atom. The van der Waals surface area contributed by atoms with Gasteiger partial charge in [-0.25, -0.2) is 14.5 Å². The average Bonchev–Trinajstić information content (AvgIpc) is 3.19. The molecule has 0 unspecified atom stereocenters. The van der Waals surface area contributed by atoms with Crippen LogP contribution in [0.2, 0.25) is 5.02 Å². The maximum absolute atomic E-state index is 12.9. The first-order valence-corrected chi connectivity index (χ1v) is 9.73. The summed E-state index contributed by atoms with van der Waals surface area (Å²) < 4.78 is 5.76. The number of hydrogen-bond acceptors (Lipinski definition) is 5. The number of nitrogens with one attached hydrogen (secondary N) is 1. The number of aryl methyl sites for hydroxylation is 1. The number of carboxylic acids is 1. The molecule has 2 aromatic carbocycles. The van der Waals surface area contributed by atoms with Crippen molar-refractivity contribution in [1.29, 1.82) is 0 Å².